The Labute approximate surface area is 229 Å². The van der Waals surface area contributed by atoms with Crippen molar-refractivity contribution in [3.8, 4) is 22.3 Å². The Morgan fingerprint density at radius 1 is 0.900 bits per heavy atom. The highest BCUT2D eigenvalue weighted by Crippen LogP contribution is 2.37. The summed E-state index contributed by atoms with van der Waals surface area (Å²) in [4.78, 5) is 25.3. The van der Waals surface area contributed by atoms with Crippen LogP contribution in [0.15, 0.2) is 96.5 Å². The molecule has 0 aliphatic rings. The highest BCUT2D eigenvalue weighted by atomic mass is 32.2. The van der Waals surface area contributed by atoms with E-state index in [0.29, 0.717) is 21.9 Å². The van der Waals surface area contributed by atoms with Crippen molar-refractivity contribution < 1.29 is 17.6 Å². The van der Waals surface area contributed by atoms with Crippen LogP contribution in [0.2, 0.25) is 0 Å². The molecule has 4 heterocycles. The lowest BCUT2D eigenvalue weighted by Gasteiger charge is -2.09. The van der Waals surface area contributed by atoms with Gasteiger partial charge in [0.1, 0.15) is 11.3 Å². The zero-order chi connectivity index (χ0) is 28.0. The molecule has 0 aliphatic heterocycles. The second-order valence-corrected chi connectivity index (χ2v) is 11.1. The number of rotatable bonds is 5. The van der Waals surface area contributed by atoms with Crippen LogP contribution in [0, 0.1) is 12.7 Å². The number of carbonyl (C=O) groups excluding carboxylic acids is 1. The first-order chi connectivity index (χ1) is 19.3. The van der Waals surface area contributed by atoms with Gasteiger partial charge in [0, 0.05) is 59.9 Å². The molecule has 10 heteroatoms. The lowest BCUT2D eigenvalue weighted by atomic mass is 9.97. The van der Waals surface area contributed by atoms with Crippen molar-refractivity contribution >= 4 is 37.9 Å². The molecule has 0 aliphatic carbocycles. The van der Waals surface area contributed by atoms with Crippen LogP contribution in [0.1, 0.15) is 15.9 Å². The first-order valence-electron chi connectivity index (χ1n) is 12.3. The van der Waals surface area contributed by atoms with Crippen LogP contribution < -0.4 is 5.32 Å². The minimum Gasteiger partial charge on any atom is -0.355 e. The molecule has 0 radical (unpaired) electrons. The average molecular weight is 552 g/mol. The molecule has 4 aromatic heterocycles. The Balaban J connectivity index is 1.64. The molecule has 8 nitrogen and oxygen atoms in total. The maximum absolute atomic E-state index is 15.6. The number of aromatic nitrogens is 4. The Morgan fingerprint density at radius 2 is 1.70 bits per heavy atom. The van der Waals surface area contributed by atoms with Crippen LogP contribution in [-0.4, -0.2) is 40.3 Å². The summed E-state index contributed by atoms with van der Waals surface area (Å²) in [5.41, 5.74) is 3.73. The van der Waals surface area contributed by atoms with E-state index >= 15 is 4.39 Å². The number of fused-ring (bicyclic) bond motifs is 2. The zero-order valence-electron chi connectivity index (χ0n) is 21.5. The van der Waals surface area contributed by atoms with Gasteiger partial charge in [-0.3, -0.25) is 14.8 Å². The van der Waals surface area contributed by atoms with Crippen LogP contribution in [0.25, 0.3) is 44.2 Å². The van der Waals surface area contributed by atoms with Crippen LogP contribution >= 0.6 is 0 Å². The number of hydrogen-bond donors (Lipinski definition) is 1. The van der Waals surface area contributed by atoms with Gasteiger partial charge in [-0.05, 0) is 60.5 Å². The van der Waals surface area contributed by atoms with Gasteiger partial charge in [0.05, 0.1) is 10.5 Å². The number of amides is 1. The highest BCUT2D eigenvalue weighted by molar-refractivity contribution is 7.90. The Morgan fingerprint density at radius 3 is 2.42 bits per heavy atom. The molecule has 0 spiro atoms. The van der Waals surface area contributed by atoms with Gasteiger partial charge in [-0.15, -0.1) is 0 Å². The molecule has 0 saturated carbocycles. The number of pyridine rings is 3. The number of hydrogen-bond acceptors (Lipinski definition) is 6. The van der Waals surface area contributed by atoms with E-state index in [0.717, 1.165) is 20.7 Å². The summed E-state index contributed by atoms with van der Waals surface area (Å²) in [6.45, 7) is 1.87. The van der Waals surface area contributed by atoms with Crippen molar-refractivity contribution in [2.24, 2.45) is 0 Å². The smallest absolute Gasteiger partial charge is 0.269 e. The summed E-state index contributed by atoms with van der Waals surface area (Å²) in [5.74, 6) is -0.960. The van der Waals surface area contributed by atoms with E-state index in [1.54, 1.807) is 48.8 Å². The van der Waals surface area contributed by atoms with Gasteiger partial charge >= 0.3 is 0 Å². The zero-order valence-corrected chi connectivity index (χ0v) is 22.3. The van der Waals surface area contributed by atoms with Gasteiger partial charge in [-0.1, -0.05) is 23.8 Å². The molecule has 1 amide bonds. The normalized spacial score (nSPS) is 11.7. The maximum Gasteiger partial charge on any atom is 0.269 e. The minimum absolute atomic E-state index is 0.0754. The Kier molecular flexibility index (Phi) is 6.11. The number of carbonyl (C=O) groups is 1. The third-order valence-corrected chi connectivity index (χ3v) is 8.43. The average Bonchev–Trinajstić information content (AvgIpc) is 3.37. The molecule has 1 N–H and O–H groups in total. The third kappa shape index (κ3) is 4.18. The largest absolute Gasteiger partial charge is 0.355 e. The summed E-state index contributed by atoms with van der Waals surface area (Å²) in [6.07, 6.45) is 7.60. The predicted octanol–water partition coefficient (Wildman–Crippen LogP) is 5.36. The van der Waals surface area contributed by atoms with Gasteiger partial charge in [0.25, 0.3) is 15.9 Å². The topological polar surface area (TPSA) is 107 Å². The van der Waals surface area contributed by atoms with Gasteiger partial charge in [-0.2, -0.15) is 0 Å². The van der Waals surface area contributed by atoms with E-state index in [-0.39, 0.29) is 27.5 Å². The number of nitrogens with one attached hydrogen (secondary N) is 1. The van der Waals surface area contributed by atoms with Crippen LogP contribution in [0.4, 0.5) is 4.39 Å². The lowest BCUT2D eigenvalue weighted by molar-refractivity contribution is 0.0963. The van der Waals surface area contributed by atoms with Crippen molar-refractivity contribution in [3.05, 3.63) is 109 Å². The molecule has 0 unspecified atom stereocenters. The molecule has 6 aromatic rings. The van der Waals surface area contributed by atoms with Gasteiger partial charge < -0.3 is 5.32 Å². The van der Waals surface area contributed by atoms with Crippen molar-refractivity contribution in [1.82, 2.24) is 24.2 Å². The SMILES string of the molecule is CNC(=O)c1cnc2c(c1)c(-c1cc(F)c3nccc(-c4cccnc4)c3c1)cn2S(=O)(=O)c1ccc(C)cc1. The summed E-state index contributed by atoms with van der Waals surface area (Å²) >= 11 is 0. The van der Waals surface area contributed by atoms with E-state index in [1.165, 1.54) is 43.8 Å². The number of nitrogens with zero attached hydrogens (tertiary/aromatic N) is 4. The van der Waals surface area contributed by atoms with Crippen molar-refractivity contribution in [2.45, 2.75) is 11.8 Å². The minimum atomic E-state index is -4.07. The van der Waals surface area contributed by atoms with Gasteiger partial charge in [0.15, 0.2) is 5.65 Å². The van der Waals surface area contributed by atoms with E-state index in [4.69, 9.17) is 0 Å². The molecule has 0 saturated heterocycles. The van der Waals surface area contributed by atoms with Crippen LogP contribution in [0.5, 0.6) is 0 Å². The van der Waals surface area contributed by atoms with E-state index in [1.807, 2.05) is 13.0 Å². The highest BCUT2D eigenvalue weighted by Gasteiger charge is 2.24. The van der Waals surface area contributed by atoms with Crippen LogP contribution in [-0.2, 0) is 10.0 Å². The number of aryl methyl sites for hydroxylation is 1. The molecule has 2 aromatic carbocycles. The van der Waals surface area contributed by atoms with Crippen molar-refractivity contribution in [1.29, 1.82) is 0 Å². The molecular formula is C30H22FN5O3S. The quantitative estimate of drug-likeness (QED) is 0.309. The summed E-state index contributed by atoms with van der Waals surface area (Å²) < 4.78 is 44.1. The standard InChI is InChI=1S/C30H22FN5O3S/c1-18-5-7-22(8-6-18)40(38,39)36-17-26(25-13-21(30(37)32-2)16-35-29(25)36)20-12-24-23(19-4-3-10-33-15-19)9-11-34-28(24)27(31)14-20/h3-17H,1-2H3,(H,32,37). The maximum atomic E-state index is 15.6. The number of benzene rings is 2. The first kappa shape index (κ1) is 25.3. The second kappa shape index (κ2) is 9.65. The lowest BCUT2D eigenvalue weighted by Crippen LogP contribution is -2.18. The molecule has 198 valence electrons. The van der Waals surface area contributed by atoms with Crippen molar-refractivity contribution in [3.63, 3.8) is 0 Å². The van der Waals surface area contributed by atoms with Crippen molar-refractivity contribution in [2.75, 3.05) is 7.05 Å². The molecule has 0 fully saturated rings. The first-order valence-corrected chi connectivity index (χ1v) is 13.8. The second-order valence-electron chi connectivity index (χ2n) is 9.29. The number of halogens is 1. The molecule has 0 bridgehead atoms. The van der Waals surface area contributed by atoms with E-state index < -0.39 is 15.8 Å². The molecular weight excluding hydrogens is 529 g/mol. The molecule has 40 heavy (non-hydrogen) atoms. The monoisotopic (exact) mass is 551 g/mol. The van der Waals surface area contributed by atoms with Crippen LogP contribution in [0.3, 0.4) is 0 Å². The van der Waals surface area contributed by atoms with Gasteiger partial charge in [0.2, 0.25) is 0 Å². The van der Waals surface area contributed by atoms with Gasteiger partial charge in [-0.25, -0.2) is 21.8 Å². The predicted molar refractivity (Wildman–Crippen MR) is 151 cm³/mol. The Hall–Kier alpha value is -4.96. The Bertz CT molecular complexity index is 2040. The van der Waals surface area contributed by atoms with E-state index in [2.05, 4.69) is 20.3 Å². The van der Waals surface area contributed by atoms with E-state index in [9.17, 15) is 13.2 Å². The summed E-state index contributed by atoms with van der Waals surface area (Å²) in [7, 11) is -2.58. The third-order valence-electron chi connectivity index (χ3n) is 6.76. The summed E-state index contributed by atoms with van der Waals surface area (Å²) in [5, 5.41) is 3.46. The fourth-order valence-corrected chi connectivity index (χ4v) is 6.05. The molecule has 0 atom stereocenters. The fraction of sp³-hybridized carbons (Fsp3) is 0.0667. The fourth-order valence-electron chi connectivity index (χ4n) is 4.73. The summed E-state index contributed by atoms with van der Waals surface area (Å²) in [6, 6.07) is 16.5. The molecule has 6 rings (SSSR count).